The molecule has 2 fully saturated rings. The van der Waals surface area contributed by atoms with Gasteiger partial charge >= 0.3 is 12.1 Å². The summed E-state index contributed by atoms with van der Waals surface area (Å²) in [4.78, 5) is 36.9. The summed E-state index contributed by atoms with van der Waals surface area (Å²) in [6.45, 7) is 8.65. The molecule has 0 aliphatic carbocycles. The number of anilines is 1. The summed E-state index contributed by atoms with van der Waals surface area (Å²) < 4.78 is 16.4. The van der Waals surface area contributed by atoms with Gasteiger partial charge in [-0.2, -0.15) is 0 Å². The highest BCUT2D eigenvalue weighted by Gasteiger charge is 2.47. The van der Waals surface area contributed by atoms with Crippen molar-refractivity contribution < 1.29 is 23.8 Å². The highest BCUT2D eigenvalue weighted by atomic mass is 16.6. The number of ether oxygens (including phenoxy) is 3. The number of rotatable bonds is 4. The maximum atomic E-state index is 12.4. The molecule has 0 radical (unpaired) electrons. The number of benzene rings is 1. The third-order valence-corrected chi connectivity index (χ3v) is 6.00. The third-order valence-electron chi connectivity index (χ3n) is 6.00. The normalized spacial score (nSPS) is 17.3. The van der Waals surface area contributed by atoms with Crippen molar-refractivity contribution in [2.75, 3.05) is 38.2 Å². The second-order valence-corrected chi connectivity index (χ2v) is 9.62. The molecule has 9 nitrogen and oxygen atoms in total. The molecule has 2 aliphatic rings. The largest absolute Gasteiger partial charge is 0.465 e. The maximum Gasteiger partial charge on any atom is 0.410 e. The second kappa shape index (κ2) is 8.88. The van der Waals surface area contributed by atoms with E-state index in [2.05, 4.69) is 14.9 Å². The van der Waals surface area contributed by atoms with E-state index in [1.54, 1.807) is 35.4 Å². The van der Waals surface area contributed by atoms with Gasteiger partial charge in [0.2, 0.25) is 0 Å². The first-order valence-electron chi connectivity index (χ1n) is 11.1. The number of carbonyl (C=O) groups is 2. The summed E-state index contributed by atoms with van der Waals surface area (Å²) >= 11 is 0. The quantitative estimate of drug-likeness (QED) is 0.642. The first kappa shape index (κ1) is 22.8. The van der Waals surface area contributed by atoms with Gasteiger partial charge in [-0.05, 0) is 45.7 Å². The molecule has 1 amide bonds. The van der Waals surface area contributed by atoms with Crippen molar-refractivity contribution in [2.24, 2.45) is 5.41 Å². The summed E-state index contributed by atoms with van der Waals surface area (Å²) in [5.74, 6) is 1.09. The highest BCUT2D eigenvalue weighted by molar-refractivity contribution is 5.92. The molecule has 9 heteroatoms. The van der Waals surface area contributed by atoms with Crippen LogP contribution in [-0.2, 0) is 9.47 Å². The number of piperidine rings is 1. The lowest BCUT2D eigenvalue weighted by Gasteiger charge is -2.54. The Kier molecular flexibility index (Phi) is 6.14. The number of nitrogens with zero attached hydrogens (tertiary/aromatic N) is 4. The van der Waals surface area contributed by atoms with E-state index >= 15 is 0 Å². The van der Waals surface area contributed by atoms with Crippen molar-refractivity contribution in [1.82, 2.24) is 14.9 Å². The van der Waals surface area contributed by atoms with E-state index in [1.165, 1.54) is 13.4 Å². The van der Waals surface area contributed by atoms with E-state index < -0.39 is 11.6 Å². The number of likely N-dealkylation sites (tertiary alicyclic amines) is 1. The van der Waals surface area contributed by atoms with Gasteiger partial charge in [0, 0.05) is 31.6 Å². The molecule has 0 bridgehead atoms. The fourth-order valence-electron chi connectivity index (χ4n) is 4.29. The van der Waals surface area contributed by atoms with E-state index in [0.717, 1.165) is 25.9 Å². The summed E-state index contributed by atoms with van der Waals surface area (Å²) in [5.41, 5.74) is -0.00977. The third kappa shape index (κ3) is 5.02. The van der Waals surface area contributed by atoms with Crippen molar-refractivity contribution >= 4 is 17.9 Å². The number of amides is 1. The summed E-state index contributed by atoms with van der Waals surface area (Å²) in [7, 11) is 1.34. The number of hydrogen-bond acceptors (Lipinski definition) is 8. The van der Waals surface area contributed by atoms with Crippen molar-refractivity contribution in [2.45, 2.75) is 39.2 Å². The predicted octanol–water partition coefficient (Wildman–Crippen LogP) is 3.89. The van der Waals surface area contributed by atoms with Crippen LogP contribution in [0.1, 0.15) is 44.0 Å². The standard InChI is InChI=1S/C24H30N4O5/c1-23(2,3)33-22(30)27-11-9-24(10-12-27)14-28(15-24)20-19(13-25-16-26-20)32-18-8-6-5-7-17(18)21(29)31-4/h5-8,13,16H,9-12,14-15H2,1-4H3. The average Bonchev–Trinajstić information content (AvgIpc) is 2.77. The number of methoxy groups -OCH3 is 1. The van der Waals surface area contributed by atoms with Gasteiger partial charge in [0.15, 0.2) is 11.6 Å². The average molecular weight is 455 g/mol. The van der Waals surface area contributed by atoms with Gasteiger partial charge in [-0.3, -0.25) is 0 Å². The Hall–Kier alpha value is -3.36. The van der Waals surface area contributed by atoms with Gasteiger partial charge in [-0.15, -0.1) is 0 Å². The van der Waals surface area contributed by atoms with Crippen LogP contribution < -0.4 is 9.64 Å². The van der Waals surface area contributed by atoms with E-state index in [0.29, 0.717) is 36.0 Å². The minimum absolute atomic E-state index is 0.144. The molecule has 2 saturated heterocycles. The van der Waals surface area contributed by atoms with E-state index in [9.17, 15) is 9.59 Å². The molecule has 3 heterocycles. The molecule has 0 unspecified atom stereocenters. The lowest BCUT2D eigenvalue weighted by atomic mass is 9.72. The molecule has 0 N–H and O–H groups in total. The Balaban J connectivity index is 1.41. The van der Waals surface area contributed by atoms with Crippen molar-refractivity contribution in [3.8, 4) is 11.5 Å². The Labute approximate surface area is 193 Å². The van der Waals surface area contributed by atoms with E-state index in [4.69, 9.17) is 14.2 Å². The molecule has 0 saturated carbocycles. The Morgan fingerprint density at radius 2 is 1.76 bits per heavy atom. The molecule has 33 heavy (non-hydrogen) atoms. The van der Waals surface area contributed by atoms with Crippen LogP contribution in [-0.4, -0.2) is 65.8 Å². The highest BCUT2D eigenvalue weighted by Crippen LogP contribution is 2.45. The van der Waals surface area contributed by atoms with Gasteiger partial charge in [-0.25, -0.2) is 19.6 Å². The molecule has 1 aromatic heterocycles. The van der Waals surface area contributed by atoms with Gasteiger partial charge in [0.05, 0.1) is 13.3 Å². The molecule has 0 atom stereocenters. The molecular formula is C24H30N4O5. The van der Waals surface area contributed by atoms with Gasteiger partial charge < -0.3 is 24.0 Å². The molecule has 2 aliphatic heterocycles. The van der Waals surface area contributed by atoms with Gasteiger partial charge in [-0.1, -0.05) is 12.1 Å². The Morgan fingerprint density at radius 3 is 2.42 bits per heavy atom. The van der Waals surface area contributed by atoms with Crippen LogP contribution in [0.4, 0.5) is 10.6 Å². The smallest absolute Gasteiger partial charge is 0.410 e. The number of para-hydroxylation sites is 1. The zero-order chi connectivity index (χ0) is 23.6. The molecule has 2 aromatic rings. The fourth-order valence-corrected chi connectivity index (χ4v) is 4.29. The number of hydrogen-bond donors (Lipinski definition) is 0. The number of aromatic nitrogens is 2. The van der Waals surface area contributed by atoms with E-state index in [-0.39, 0.29) is 11.5 Å². The van der Waals surface area contributed by atoms with Crippen LogP contribution >= 0.6 is 0 Å². The van der Waals surface area contributed by atoms with Crippen molar-refractivity contribution in [1.29, 1.82) is 0 Å². The van der Waals surface area contributed by atoms with E-state index in [1.807, 2.05) is 20.8 Å². The molecule has 4 rings (SSSR count). The number of esters is 1. The number of carbonyl (C=O) groups excluding carboxylic acids is 2. The maximum absolute atomic E-state index is 12.4. The van der Waals surface area contributed by atoms with Crippen LogP contribution in [0.3, 0.4) is 0 Å². The lowest BCUT2D eigenvalue weighted by Crippen LogP contribution is -2.61. The SMILES string of the molecule is COC(=O)c1ccccc1Oc1cncnc1N1CC2(CCN(C(=O)OC(C)(C)C)CC2)C1. The second-order valence-electron chi connectivity index (χ2n) is 9.62. The van der Waals surface area contributed by atoms with Crippen LogP contribution in [0.25, 0.3) is 0 Å². The molecule has 1 aromatic carbocycles. The summed E-state index contributed by atoms with van der Waals surface area (Å²) in [6, 6.07) is 6.92. The summed E-state index contributed by atoms with van der Waals surface area (Å²) in [6.07, 6.45) is 4.67. The zero-order valence-corrected chi connectivity index (χ0v) is 19.5. The Bertz CT molecular complexity index is 1020. The first-order chi connectivity index (χ1) is 15.7. The summed E-state index contributed by atoms with van der Waals surface area (Å²) in [5, 5.41) is 0. The topological polar surface area (TPSA) is 94.1 Å². The predicted molar refractivity (Wildman–Crippen MR) is 122 cm³/mol. The van der Waals surface area contributed by atoms with Gasteiger partial charge in [0.1, 0.15) is 23.2 Å². The van der Waals surface area contributed by atoms with Crippen LogP contribution in [0.2, 0.25) is 0 Å². The van der Waals surface area contributed by atoms with Crippen LogP contribution in [0, 0.1) is 5.41 Å². The van der Waals surface area contributed by atoms with Crippen molar-refractivity contribution in [3.05, 3.63) is 42.4 Å². The van der Waals surface area contributed by atoms with Gasteiger partial charge in [0.25, 0.3) is 0 Å². The Morgan fingerprint density at radius 1 is 1.06 bits per heavy atom. The zero-order valence-electron chi connectivity index (χ0n) is 19.5. The molecular weight excluding hydrogens is 424 g/mol. The van der Waals surface area contributed by atoms with Crippen LogP contribution in [0.15, 0.2) is 36.8 Å². The molecule has 176 valence electrons. The monoisotopic (exact) mass is 454 g/mol. The first-order valence-corrected chi connectivity index (χ1v) is 11.1. The van der Waals surface area contributed by atoms with Crippen LogP contribution in [0.5, 0.6) is 11.5 Å². The minimum Gasteiger partial charge on any atom is -0.465 e. The minimum atomic E-state index is -0.491. The molecule has 1 spiro atoms. The lowest BCUT2D eigenvalue weighted by molar-refractivity contribution is 0.00586. The fraction of sp³-hybridized carbons (Fsp3) is 0.500. The van der Waals surface area contributed by atoms with Crippen molar-refractivity contribution in [3.63, 3.8) is 0 Å².